The fraction of sp³-hybridized carbons (Fsp3) is 0.500. The molecule has 20 heavy (non-hydrogen) atoms. The van der Waals surface area contributed by atoms with Gasteiger partial charge in [0, 0.05) is 18.7 Å². The molecule has 0 aliphatic carbocycles. The highest BCUT2D eigenvalue weighted by atomic mass is 16.6. The minimum atomic E-state index is -0.363. The van der Waals surface area contributed by atoms with Gasteiger partial charge in [0.25, 0.3) is 5.69 Å². The molecule has 0 saturated carbocycles. The number of hydrogen-bond donors (Lipinski definition) is 0. The molecule has 0 radical (unpaired) electrons. The van der Waals surface area contributed by atoms with Gasteiger partial charge in [-0.25, -0.2) is 0 Å². The molecule has 110 valence electrons. The summed E-state index contributed by atoms with van der Waals surface area (Å²) < 4.78 is 0. The Labute approximate surface area is 121 Å². The molecular weight excluding hydrogens is 252 g/mol. The van der Waals surface area contributed by atoms with Gasteiger partial charge in [-0.15, -0.1) is 0 Å². The van der Waals surface area contributed by atoms with Crippen LogP contribution in [-0.4, -0.2) is 29.5 Å². The molecule has 0 amide bonds. The molecule has 4 heteroatoms. The lowest BCUT2D eigenvalue weighted by molar-refractivity contribution is -0.384. The minimum absolute atomic E-state index is 0.148. The molecule has 0 atom stereocenters. The summed E-state index contributed by atoms with van der Waals surface area (Å²) in [5, 5.41) is 10.6. The summed E-state index contributed by atoms with van der Waals surface area (Å²) in [6, 6.07) is 6.82. The highest BCUT2D eigenvalue weighted by Gasteiger charge is 2.06. The van der Waals surface area contributed by atoms with Crippen molar-refractivity contribution in [2.45, 2.75) is 34.1 Å². The van der Waals surface area contributed by atoms with Gasteiger partial charge in [-0.1, -0.05) is 37.1 Å². The van der Waals surface area contributed by atoms with Gasteiger partial charge in [0.15, 0.2) is 0 Å². The lowest BCUT2D eigenvalue weighted by Gasteiger charge is -2.20. The smallest absolute Gasteiger partial charge is 0.269 e. The number of non-ortho nitro benzene ring substituents is 1. The van der Waals surface area contributed by atoms with Gasteiger partial charge in [-0.3, -0.25) is 15.0 Å². The molecule has 0 bridgehead atoms. The molecule has 0 spiro atoms. The third kappa shape index (κ3) is 4.78. The topological polar surface area (TPSA) is 46.4 Å². The summed E-state index contributed by atoms with van der Waals surface area (Å²) in [6.45, 7) is 11.7. The van der Waals surface area contributed by atoms with Crippen LogP contribution in [0.15, 0.2) is 35.4 Å². The van der Waals surface area contributed by atoms with Gasteiger partial charge >= 0.3 is 0 Å². The van der Waals surface area contributed by atoms with E-state index in [4.69, 9.17) is 0 Å². The van der Waals surface area contributed by atoms with E-state index >= 15 is 0 Å². The van der Waals surface area contributed by atoms with Crippen molar-refractivity contribution in [3.8, 4) is 0 Å². The Morgan fingerprint density at radius 2 is 1.65 bits per heavy atom. The maximum atomic E-state index is 10.6. The molecule has 0 fully saturated rings. The summed E-state index contributed by atoms with van der Waals surface area (Å²) in [5.41, 5.74) is 3.99. The SMILES string of the molecule is CCN(CC)C/C(C)=C(/C)Cc1ccc([N+](=O)[O-])cc1. The standard InChI is InChI=1S/C16H24N2O2/c1-5-17(6-2)12-14(4)13(3)11-15-7-9-16(10-8-15)18(19)20/h7-10H,5-6,11-12H2,1-4H3/b14-13-. The number of nitro benzene ring substituents is 1. The van der Waals surface area contributed by atoms with Crippen LogP contribution in [-0.2, 0) is 6.42 Å². The van der Waals surface area contributed by atoms with Crippen molar-refractivity contribution in [3.05, 3.63) is 51.1 Å². The Kier molecular flexibility index (Phi) is 6.39. The van der Waals surface area contributed by atoms with Gasteiger partial charge in [0.05, 0.1) is 4.92 Å². The van der Waals surface area contributed by atoms with Gasteiger partial charge < -0.3 is 0 Å². The average Bonchev–Trinajstić information content (AvgIpc) is 2.44. The van der Waals surface area contributed by atoms with Crippen molar-refractivity contribution < 1.29 is 4.92 Å². The zero-order valence-electron chi connectivity index (χ0n) is 12.8. The summed E-state index contributed by atoms with van der Waals surface area (Å²) in [5.74, 6) is 0. The zero-order chi connectivity index (χ0) is 15.1. The predicted molar refractivity (Wildman–Crippen MR) is 83.0 cm³/mol. The van der Waals surface area contributed by atoms with E-state index in [0.717, 1.165) is 31.6 Å². The van der Waals surface area contributed by atoms with Gasteiger partial charge in [-0.05, 0) is 38.9 Å². The third-order valence-corrected chi connectivity index (χ3v) is 3.70. The van der Waals surface area contributed by atoms with E-state index in [2.05, 4.69) is 32.6 Å². The van der Waals surface area contributed by atoms with Crippen LogP contribution in [0.2, 0.25) is 0 Å². The van der Waals surface area contributed by atoms with E-state index in [1.54, 1.807) is 12.1 Å². The maximum absolute atomic E-state index is 10.6. The normalized spacial score (nSPS) is 12.4. The van der Waals surface area contributed by atoms with Crippen molar-refractivity contribution in [1.29, 1.82) is 0 Å². The number of hydrogen-bond acceptors (Lipinski definition) is 3. The lowest BCUT2D eigenvalue weighted by atomic mass is 10.0. The van der Waals surface area contributed by atoms with Crippen molar-refractivity contribution >= 4 is 5.69 Å². The monoisotopic (exact) mass is 276 g/mol. The van der Waals surface area contributed by atoms with E-state index in [9.17, 15) is 10.1 Å². The Bertz CT molecular complexity index is 474. The van der Waals surface area contributed by atoms with Gasteiger partial charge in [0.2, 0.25) is 0 Å². The fourth-order valence-electron chi connectivity index (χ4n) is 2.11. The number of likely N-dealkylation sites (N-methyl/N-ethyl adjacent to an activating group) is 1. The first-order valence-electron chi connectivity index (χ1n) is 7.08. The van der Waals surface area contributed by atoms with Crippen molar-refractivity contribution in [2.24, 2.45) is 0 Å². The molecule has 0 aliphatic heterocycles. The number of nitrogens with zero attached hydrogens (tertiary/aromatic N) is 2. The van der Waals surface area contributed by atoms with Crippen LogP contribution in [0.5, 0.6) is 0 Å². The summed E-state index contributed by atoms with van der Waals surface area (Å²) in [4.78, 5) is 12.6. The minimum Gasteiger partial charge on any atom is -0.300 e. The first-order chi connectivity index (χ1) is 9.47. The van der Waals surface area contributed by atoms with E-state index < -0.39 is 0 Å². The van der Waals surface area contributed by atoms with Crippen LogP contribution < -0.4 is 0 Å². The van der Waals surface area contributed by atoms with E-state index in [1.807, 2.05) is 12.1 Å². The highest BCUT2D eigenvalue weighted by Crippen LogP contribution is 2.16. The second kappa shape index (κ2) is 7.80. The van der Waals surface area contributed by atoms with Crippen LogP contribution in [0.1, 0.15) is 33.3 Å². The number of nitro groups is 1. The Morgan fingerprint density at radius 3 is 2.10 bits per heavy atom. The number of benzene rings is 1. The van der Waals surface area contributed by atoms with Crippen LogP contribution >= 0.6 is 0 Å². The molecular formula is C16H24N2O2. The molecule has 0 N–H and O–H groups in total. The summed E-state index contributed by atoms with van der Waals surface area (Å²) in [6.07, 6.45) is 0.852. The first-order valence-corrected chi connectivity index (χ1v) is 7.08. The molecule has 1 aromatic carbocycles. The second-order valence-electron chi connectivity index (χ2n) is 5.12. The fourth-order valence-corrected chi connectivity index (χ4v) is 2.11. The Hall–Kier alpha value is -1.68. The number of allylic oxidation sites excluding steroid dienone is 1. The molecule has 1 rings (SSSR count). The molecule has 0 saturated heterocycles. The van der Waals surface area contributed by atoms with Crippen LogP contribution in [0, 0.1) is 10.1 Å². The van der Waals surface area contributed by atoms with E-state index in [1.165, 1.54) is 11.1 Å². The maximum Gasteiger partial charge on any atom is 0.269 e. The largest absolute Gasteiger partial charge is 0.300 e. The summed E-state index contributed by atoms with van der Waals surface area (Å²) in [7, 11) is 0. The van der Waals surface area contributed by atoms with Gasteiger partial charge in [0.1, 0.15) is 0 Å². The van der Waals surface area contributed by atoms with Gasteiger partial charge in [-0.2, -0.15) is 0 Å². The molecule has 4 nitrogen and oxygen atoms in total. The molecule has 0 unspecified atom stereocenters. The highest BCUT2D eigenvalue weighted by molar-refractivity contribution is 5.35. The Balaban J connectivity index is 2.73. The van der Waals surface area contributed by atoms with Crippen molar-refractivity contribution in [1.82, 2.24) is 4.90 Å². The molecule has 0 heterocycles. The van der Waals surface area contributed by atoms with E-state index in [-0.39, 0.29) is 10.6 Å². The lowest BCUT2D eigenvalue weighted by Crippen LogP contribution is -2.25. The molecule has 1 aromatic rings. The summed E-state index contributed by atoms with van der Waals surface area (Å²) >= 11 is 0. The van der Waals surface area contributed by atoms with Crippen LogP contribution in [0.3, 0.4) is 0 Å². The van der Waals surface area contributed by atoms with Crippen molar-refractivity contribution in [2.75, 3.05) is 19.6 Å². The third-order valence-electron chi connectivity index (χ3n) is 3.70. The average molecular weight is 276 g/mol. The first kappa shape index (κ1) is 16.4. The van der Waals surface area contributed by atoms with Crippen molar-refractivity contribution in [3.63, 3.8) is 0 Å². The molecule has 0 aromatic heterocycles. The Morgan fingerprint density at radius 1 is 1.10 bits per heavy atom. The number of rotatable bonds is 7. The quantitative estimate of drug-likeness (QED) is 0.432. The van der Waals surface area contributed by atoms with Crippen LogP contribution in [0.4, 0.5) is 5.69 Å². The predicted octanol–water partition coefficient (Wildman–Crippen LogP) is 3.82. The second-order valence-corrected chi connectivity index (χ2v) is 5.12. The van der Waals surface area contributed by atoms with E-state index in [0.29, 0.717) is 0 Å². The molecule has 0 aliphatic rings. The zero-order valence-corrected chi connectivity index (χ0v) is 12.8. The van der Waals surface area contributed by atoms with Crippen LogP contribution in [0.25, 0.3) is 0 Å².